The van der Waals surface area contributed by atoms with Crippen LogP contribution in [0.4, 0.5) is 5.82 Å². The number of ether oxygens (including phenoxy) is 1. The topological polar surface area (TPSA) is 64.9 Å². The maximum atomic E-state index is 4.97. The molecule has 2 aromatic heterocycles. The molecular formula is C12H17N5O. The summed E-state index contributed by atoms with van der Waals surface area (Å²) in [5.74, 6) is 1.43. The van der Waals surface area contributed by atoms with Crippen LogP contribution in [0.15, 0.2) is 18.5 Å². The number of anilines is 1. The molecule has 6 heteroatoms. The lowest BCUT2D eigenvalue weighted by atomic mass is 10.4. The van der Waals surface area contributed by atoms with Crippen molar-refractivity contribution < 1.29 is 4.74 Å². The average molecular weight is 247 g/mol. The number of methoxy groups -OCH3 is 1. The minimum atomic E-state index is 0.631. The van der Waals surface area contributed by atoms with Crippen molar-refractivity contribution in [2.45, 2.75) is 13.8 Å². The molecule has 2 heterocycles. The van der Waals surface area contributed by atoms with Crippen LogP contribution in [0.25, 0.3) is 5.82 Å². The third kappa shape index (κ3) is 2.84. The highest BCUT2D eigenvalue weighted by Gasteiger charge is 2.06. The molecule has 0 radical (unpaired) electrons. The van der Waals surface area contributed by atoms with Gasteiger partial charge in [0.05, 0.1) is 24.7 Å². The number of hydrogen-bond acceptors (Lipinski definition) is 5. The predicted octanol–water partition coefficient (Wildman–Crippen LogP) is 1.34. The van der Waals surface area contributed by atoms with Crippen LogP contribution in [0.5, 0.6) is 0 Å². The molecule has 0 bridgehead atoms. The Bertz CT molecular complexity index is 523. The molecule has 6 nitrogen and oxygen atoms in total. The van der Waals surface area contributed by atoms with Crippen molar-refractivity contribution in [3.05, 3.63) is 29.8 Å². The Morgan fingerprint density at radius 3 is 2.83 bits per heavy atom. The quantitative estimate of drug-likeness (QED) is 0.808. The van der Waals surface area contributed by atoms with Crippen LogP contribution in [-0.2, 0) is 4.74 Å². The van der Waals surface area contributed by atoms with Gasteiger partial charge in [-0.15, -0.1) is 0 Å². The fourth-order valence-corrected chi connectivity index (χ4v) is 1.68. The fourth-order valence-electron chi connectivity index (χ4n) is 1.68. The molecule has 0 spiro atoms. The van der Waals surface area contributed by atoms with Gasteiger partial charge in [0.25, 0.3) is 0 Å². The number of rotatable bonds is 5. The molecular weight excluding hydrogens is 230 g/mol. The fraction of sp³-hybridized carbons (Fsp3) is 0.417. The Kier molecular flexibility index (Phi) is 3.88. The number of aromatic nitrogens is 4. The maximum Gasteiger partial charge on any atom is 0.174 e. The second kappa shape index (κ2) is 5.59. The molecule has 0 aromatic carbocycles. The maximum absolute atomic E-state index is 4.97. The summed E-state index contributed by atoms with van der Waals surface area (Å²) in [6.07, 6.45) is 3.38. The summed E-state index contributed by atoms with van der Waals surface area (Å²) in [4.78, 5) is 8.62. The zero-order valence-electron chi connectivity index (χ0n) is 10.8. The summed E-state index contributed by atoms with van der Waals surface area (Å²) in [6.45, 7) is 5.28. The minimum Gasteiger partial charge on any atom is -0.383 e. The van der Waals surface area contributed by atoms with E-state index in [2.05, 4.69) is 20.4 Å². The Morgan fingerprint density at radius 2 is 2.17 bits per heavy atom. The van der Waals surface area contributed by atoms with E-state index in [1.807, 2.05) is 19.9 Å². The van der Waals surface area contributed by atoms with Crippen molar-refractivity contribution in [2.75, 3.05) is 25.6 Å². The Labute approximate surface area is 106 Å². The van der Waals surface area contributed by atoms with E-state index in [1.54, 1.807) is 24.2 Å². The lowest BCUT2D eigenvalue weighted by Crippen LogP contribution is -2.11. The van der Waals surface area contributed by atoms with E-state index in [0.29, 0.717) is 19.0 Å². The molecule has 0 aliphatic rings. The van der Waals surface area contributed by atoms with Crippen LogP contribution in [0, 0.1) is 13.8 Å². The average Bonchev–Trinajstić information content (AvgIpc) is 2.69. The molecule has 0 aliphatic carbocycles. The van der Waals surface area contributed by atoms with Gasteiger partial charge >= 0.3 is 0 Å². The molecule has 96 valence electrons. The molecule has 0 amide bonds. The van der Waals surface area contributed by atoms with Crippen LogP contribution >= 0.6 is 0 Å². The molecule has 1 N–H and O–H groups in total. The Morgan fingerprint density at radius 1 is 1.33 bits per heavy atom. The molecule has 2 aromatic rings. The minimum absolute atomic E-state index is 0.631. The van der Waals surface area contributed by atoms with E-state index in [4.69, 9.17) is 4.74 Å². The van der Waals surface area contributed by atoms with E-state index in [-0.39, 0.29) is 0 Å². The van der Waals surface area contributed by atoms with Crippen LogP contribution < -0.4 is 5.32 Å². The van der Waals surface area contributed by atoms with Crippen LogP contribution in [0.1, 0.15) is 11.4 Å². The van der Waals surface area contributed by atoms with E-state index < -0.39 is 0 Å². The van der Waals surface area contributed by atoms with Gasteiger partial charge in [-0.25, -0.2) is 9.67 Å². The summed E-state index contributed by atoms with van der Waals surface area (Å²) in [6, 6.07) is 2.01. The second-order valence-electron chi connectivity index (χ2n) is 4.02. The van der Waals surface area contributed by atoms with Gasteiger partial charge in [-0.1, -0.05) is 0 Å². The highest BCUT2D eigenvalue weighted by molar-refractivity contribution is 5.36. The molecule has 0 fully saturated rings. The van der Waals surface area contributed by atoms with Crippen LogP contribution in [0.2, 0.25) is 0 Å². The summed E-state index contributed by atoms with van der Waals surface area (Å²) in [5, 5.41) is 7.52. The lowest BCUT2D eigenvalue weighted by molar-refractivity contribution is 0.210. The first-order valence-corrected chi connectivity index (χ1v) is 5.79. The van der Waals surface area contributed by atoms with Gasteiger partial charge < -0.3 is 10.1 Å². The van der Waals surface area contributed by atoms with E-state index in [9.17, 15) is 0 Å². The SMILES string of the molecule is COCCNc1cncc(-n2nc(C)cc2C)n1. The normalized spacial score (nSPS) is 10.6. The van der Waals surface area contributed by atoms with Gasteiger partial charge in [-0.2, -0.15) is 5.10 Å². The third-order valence-corrected chi connectivity index (χ3v) is 2.46. The summed E-state index contributed by atoms with van der Waals surface area (Å²) in [5.41, 5.74) is 2.00. The van der Waals surface area contributed by atoms with Gasteiger partial charge in [0, 0.05) is 19.3 Å². The van der Waals surface area contributed by atoms with E-state index >= 15 is 0 Å². The predicted molar refractivity (Wildman–Crippen MR) is 69.0 cm³/mol. The van der Waals surface area contributed by atoms with E-state index in [0.717, 1.165) is 17.2 Å². The Hall–Kier alpha value is -1.95. The molecule has 0 saturated heterocycles. The van der Waals surface area contributed by atoms with Gasteiger partial charge in [-0.3, -0.25) is 4.98 Å². The molecule has 18 heavy (non-hydrogen) atoms. The van der Waals surface area contributed by atoms with Crippen molar-refractivity contribution in [3.8, 4) is 5.82 Å². The molecule has 0 saturated carbocycles. The largest absolute Gasteiger partial charge is 0.383 e. The number of nitrogens with zero attached hydrogens (tertiary/aromatic N) is 4. The van der Waals surface area contributed by atoms with Gasteiger partial charge in [0.1, 0.15) is 5.82 Å². The molecule has 0 atom stereocenters. The molecule has 0 aliphatic heterocycles. The van der Waals surface area contributed by atoms with Crippen molar-refractivity contribution in [3.63, 3.8) is 0 Å². The zero-order valence-corrected chi connectivity index (χ0v) is 10.8. The molecule has 2 rings (SSSR count). The summed E-state index contributed by atoms with van der Waals surface area (Å²) in [7, 11) is 1.67. The van der Waals surface area contributed by atoms with Crippen molar-refractivity contribution in [1.82, 2.24) is 19.7 Å². The smallest absolute Gasteiger partial charge is 0.174 e. The first-order valence-electron chi connectivity index (χ1n) is 5.79. The second-order valence-corrected chi connectivity index (χ2v) is 4.02. The Balaban J connectivity index is 2.19. The van der Waals surface area contributed by atoms with Gasteiger partial charge in [-0.05, 0) is 19.9 Å². The van der Waals surface area contributed by atoms with Crippen molar-refractivity contribution in [2.24, 2.45) is 0 Å². The first kappa shape index (κ1) is 12.5. The van der Waals surface area contributed by atoms with Crippen LogP contribution in [0.3, 0.4) is 0 Å². The number of hydrogen-bond donors (Lipinski definition) is 1. The highest BCUT2D eigenvalue weighted by atomic mass is 16.5. The lowest BCUT2D eigenvalue weighted by Gasteiger charge is -2.07. The first-order chi connectivity index (χ1) is 8.70. The number of nitrogens with one attached hydrogen (secondary N) is 1. The molecule has 0 unspecified atom stereocenters. The summed E-state index contributed by atoms with van der Waals surface area (Å²) >= 11 is 0. The third-order valence-electron chi connectivity index (χ3n) is 2.46. The highest BCUT2D eigenvalue weighted by Crippen LogP contribution is 2.10. The number of aryl methyl sites for hydroxylation is 2. The van der Waals surface area contributed by atoms with E-state index in [1.165, 1.54) is 0 Å². The van der Waals surface area contributed by atoms with Crippen molar-refractivity contribution >= 4 is 5.82 Å². The monoisotopic (exact) mass is 247 g/mol. The van der Waals surface area contributed by atoms with Crippen LogP contribution in [-0.4, -0.2) is 40.0 Å². The standard InChI is InChI=1S/C12H17N5O/c1-9-6-10(2)17(16-9)12-8-13-7-11(15-12)14-4-5-18-3/h6-8H,4-5H2,1-3H3,(H,14,15). The summed E-state index contributed by atoms with van der Waals surface area (Å²) < 4.78 is 6.75. The van der Waals surface area contributed by atoms with Gasteiger partial charge in [0.15, 0.2) is 5.82 Å². The zero-order chi connectivity index (χ0) is 13.0. The van der Waals surface area contributed by atoms with Crippen molar-refractivity contribution in [1.29, 1.82) is 0 Å². The van der Waals surface area contributed by atoms with Gasteiger partial charge in [0.2, 0.25) is 0 Å².